The smallest absolute Gasteiger partial charge is 0.143 e. The highest BCUT2D eigenvalue weighted by atomic mass is 32.2. The Morgan fingerprint density at radius 1 is 1.33 bits per heavy atom. The van der Waals surface area contributed by atoms with E-state index in [1.54, 1.807) is 18.4 Å². The molecule has 0 spiro atoms. The van der Waals surface area contributed by atoms with Crippen LogP contribution in [0.4, 0.5) is 5.82 Å². The molecule has 0 aliphatic rings. The summed E-state index contributed by atoms with van der Waals surface area (Å²) in [6.45, 7) is 0. The highest BCUT2D eigenvalue weighted by molar-refractivity contribution is 7.98. The second kappa shape index (κ2) is 4.82. The third-order valence-electron chi connectivity index (χ3n) is 2.38. The van der Waals surface area contributed by atoms with Crippen LogP contribution in [0.5, 0.6) is 0 Å². The summed E-state index contributed by atoms with van der Waals surface area (Å²) in [5.41, 5.74) is 6.62. The van der Waals surface area contributed by atoms with Crippen molar-refractivity contribution in [2.24, 2.45) is 0 Å². The molecule has 0 saturated carbocycles. The molecule has 0 bridgehead atoms. The number of hydrogen-bond acceptors (Lipinski definition) is 6. The molecule has 0 aliphatic carbocycles. The summed E-state index contributed by atoms with van der Waals surface area (Å²) in [4.78, 5) is 4.06. The first-order chi connectivity index (χ1) is 8.72. The number of furan rings is 1. The summed E-state index contributed by atoms with van der Waals surface area (Å²) >= 11 is 1.30. The third-order valence-corrected chi connectivity index (χ3v) is 3.06. The van der Waals surface area contributed by atoms with E-state index in [0.29, 0.717) is 21.9 Å². The van der Waals surface area contributed by atoms with Crippen molar-refractivity contribution in [3.8, 4) is 23.5 Å². The minimum absolute atomic E-state index is 0.104. The molecule has 0 atom stereocenters. The summed E-state index contributed by atoms with van der Waals surface area (Å²) in [7, 11) is 0. The molecule has 0 amide bonds. The largest absolute Gasteiger partial charge is 0.464 e. The van der Waals surface area contributed by atoms with Gasteiger partial charge in [0.2, 0.25) is 0 Å². The molecule has 2 aromatic heterocycles. The van der Waals surface area contributed by atoms with Crippen molar-refractivity contribution in [1.82, 2.24) is 4.98 Å². The molecular formula is C12H8N4OS. The lowest BCUT2D eigenvalue weighted by atomic mass is 10.0. The summed E-state index contributed by atoms with van der Waals surface area (Å²) in [5.74, 6) is 0.541. The van der Waals surface area contributed by atoms with E-state index in [2.05, 4.69) is 11.1 Å². The molecule has 0 saturated heterocycles. The zero-order valence-electron chi connectivity index (χ0n) is 9.47. The molecule has 5 nitrogen and oxygen atoms in total. The maximum absolute atomic E-state index is 9.24. The van der Waals surface area contributed by atoms with Gasteiger partial charge in [-0.15, -0.1) is 11.8 Å². The molecule has 6 heteroatoms. The van der Waals surface area contributed by atoms with Crippen LogP contribution in [0.2, 0.25) is 0 Å². The van der Waals surface area contributed by atoms with E-state index in [1.165, 1.54) is 18.0 Å². The predicted octanol–water partition coefficient (Wildman–Crippen LogP) is 2.39. The fraction of sp³-hybridized carbons (Fsp3) is 0.0833. The van der Waals surface area contributed by atoms with Crippen molar-refractivity contribution < 1.29 is 4.42 Å². The Bertz CT molecular complexity index is 665. The van der Waals surface area contributed by atoms with E-state index in [1.807, 2.05) is 6.07 Å². The van der Waals surface area contributed by atoms with Crippen LogP contribution in [0.15, 0.2) is 27.8 Å². The minimum Gasteiger partial charge on any atom is -0.464 e. The first kappa shape index (κ1) is 12.0. The van der Waals surface area contributed by atoms with E-state index >= 15 is 0 Å². The van der Waals surface area contributed by atoms with Gasteiger partial charge in [-0.3, -0.25) is 0 Å². The number of anilines is 1. The van der Waals surface area contributed by atoms with Gasteiger partial charge in [-0.2, -0.15) is 10.5 Å². The van der Waals surface area contributed by atoms with Crippen molar-refractivity contribution in [2.45, 2.75) is 5.03 Å². The SMILES string of the molecule is CSc1nc(N)c(C#N)c(-c2ccco2)c1C#N. The van der Waals surface area contributed by atoms with Gasteiger partial charge in [0.05, 0.1) is 17.4 Å². The van der Waals surface area contributed by atoms with Gasteiger partial charge in [0.1, 0.15) is 34.3 Å². The van der Waals surface area contributed by atoms with Gasteiger partial charge in [0.25, 0.3) is 0 Å². The zero-order valence-corrected chi connectivity index (χ0v) is 10.3. The average Bonchev–Trinajstić information content (AvgIpc) is 2.90. The van der Waals surface area contributed by atoms with Gasteiger partial charge in [-0.05, 0) is 18.4 Å². The van der Waals surface area contributed by atoms with Crippen molar-refractivity contribution in [2.75, 3.05) is 12.0 Å². The Hall–Kier alpha value is -2.44. The molecule has 0 radical (unpaired) electrons. The number of nitrogens with two attached hydrogens (primary N) is 1. The van der Waals surface area contributed by atoms with Crippen LogP contribution in [0.1, 0.15) is 11.1 Å². The van der Waals surface area contributed by atoms with Crippen LogP contribution in [-0.2, 0) is 0 Å². The van der Waals surface area contributed by atoms with Crippen molar-refractivity contribution >= 4 is 17.6 Å². The molecule has 2 rings (SSSR count). The molecule has 0 aliphatic heterocycles. The number of nitriles is 2. The highest BCUT2D eigenvalue weighted by Crippen LogP contribution is 2.34. The molecule has 2 N–H and O–H groups in total. The molecule has 0 fully saturated rings. The van der Waals surface area contributed by atoms with E-state index in [-0.39, 0.29) is 11.4 Å². The predicted molar refractivity (Wildman–Crippen MR) is 67.6 cm³/mol. The standard InChI is InChI=1S/C12H8N4OS/c1-18-12-8(6-14)10(9-3-2-4-17-9)7(5-13)11(15)16-12/h2-4H,1H3,(H2,15,16). The van der Waals surface area contributed by atoms with Gasteiger partial charge in [0.15, 0.2) is 0 Å². The van der Waals surface area contributed by atoms with E-state index in [0.717, 1.165) is 0 Å². The molecular weight excluding hydrogens is 248 g/mol. The third kappa shape index (κ3) is 1.79. The first-order valence-electron chi connectivity index (χ1n) is 4.94. The Labute approximate surface area is 108 Å². The van der Waals surface area contributed by atoms with Crippen molar-refractivity contribution in [1.29, 1.82) is 10.5 Å². The fourth-order valence-corrected chi connectivity index (χ4v) is 2.15. The topological polar surface area (TPSA) is 99.6 Å². The highest BCUT2D eigenvalue weighted by Gasteiger charge is 2.21. The van der Waals surface area contributed by atoms with Gasteiger partial charge in [0, 0.05) is 0 Å². The number of thioether (sulfide) groups is 1. The summed E-state index contributed by atoms with van der Waals surface area (Å²) in [5, 5.41) is 18.9. The van der Waals surface area contributed by atoms with Crippen LogP contribution in [0.3, 0.4) is 0 Å². The molecule has 0 aromatic carbocycles. The number of nitrogens with zero attached hydrogens (tertiary/aromatic N) is 3. The van der Waals surface area contributed by atoms with Gasteiger partial charge < -0.3 is 10.2 Å². The molecule has 88 valence electrons. The number of hydrogen-bond donors (Lipinski definition) is 1. The quantitative estimate of drug-likeness (QED) is 0.828. The van der Waals surface area contributed by atoms with Crippen LogP contribution in [0.25, 0.3) is 11.3 Å². The zero-order chi connectivity index (χ0) is 13.1. The fourth-order valence-electron chi connectivity index (χ4n) is 1.61. The lowest BCUT2D eigenvalue weighted by molar-refractivity contribution is 0.581. The Morgan fingerprint density at radius 3 is 2.56 bits per heavy atom. The molecule has 18 heavy (non-hydrogen) atoms. The Balaban J connectivity index is 2.88. The normalized spacial score (nSPS) is 9.72. The minimum atomic E-state index is 0.104. The van der Waals surface area contributed by atoms with E-state index in [9.17, 15) is 5.26 Å². The van der Waals surface area contributed by atoms with Gasteiger partial charge in [-0.25, -0.2) is 4.98 Å². The summed E-state index contributed by atoms with van der Waals surface area (Å²) in [6.07, 6.45) is 3.27. The molecule has 0 unspecified atom stereocenters. The van der Waals surface area contributed by atoms with E-state index in [4.69, 9.17) is 15.4 Å². The average molecular weight is 256 g/mol. The van der Waals surface area contributed by atoms with Gasteiger partial charge in [-0.1, -0.05) is 0 Å². The Morgan fingerprint density at radius 2 is 2.06 bits per heavy atom. The number of pyridine rings is 1. The first-order valence-corrected chi connectivity index (χ1v) is 6.17. The van der Waals surface area contributed by atoms with Crippen molar-refractivity contribution in [3.63, 3.8) is 0 Å². The summed E-state index contributed by atoms with van der Waals surface area (Å²) < 4.78 is 5.26. The number of rotatable bonds is 2. The number of aromatic nitrogens is 1. The van der Waals surface area contributed by atoms with Crippen LogP contribution in [0, 0.1) is 22.7 Å². The second-order valence-electron chi connectivity index (χ2n) is 3.33. The Kier molecular flexibility index (Phi) is 3.22. The number of nitrogen functional groups attached to an aromatic ring is 1. The summed E-state index contributed by atoms with van der Waals surface area (Å²) in [6, 6.07) is 7.39. The van der Waals surface area contributed by atoms with Crippen LogP contribution < -0.4 is 5.73 Å². The maximum Gasteiger partial charge on any atom is 0.143 e. The van der Waals surface area contributed by atoms with Crippen LogP contribution >= 0.6 is 11.8 Å². The van der Waals surface area contributed by atoms with Crippen LogP contribution in [-0.4, -0.2) is 11.2 Å². The monoisotopic (exact) mass is 256 g/mol. The molecule has 2 aromatic rings. The van der Waals surface area contributed by atoms with Gasteiger partial charge >= 0.3 is 0 Å². The van der Waals surface area contributed by atoms with Crippen molar-refractivity contribution in [3.05, 3.63) is 29.5 Å². The second-order valence-corrected chi connectivity index (χ2v) is 4.13. The maximum atomic E-state index is 9.24. The lowest BCUT2D eigenvalue weighted by Crippen LogP contribution is -2.02. The molecule has 2 heterocycles. The lowest BCUT2D eigenvalue weighted by Gasteiger charge is -2.09. The van der Waals surface area contributed by atoms with E-state index < -0.39 is 0 Å².